The second-order valence-corrected chi connectivity index (χ2v) is 8.26. The number of hydrogen-bond acceptors (Lipinski definition) is 6. The smallest absolute Gasteiger partial charge is 0.225 e. The van der Waals surface area contributed by atoms with E-state index in [2.05, 4.69) is 14.9 Å². The van der Waals surface area contributed by atoms with Crippen LogP contribution in [0.15, 0.2) is 18.5 Å². The molecule has 122 valence electrons. The molecule has 2 aliphatic rings. The number of ether oxygens (including phenoxy) is 1. The Balaban J connectivity index is 1.78. The molecule has 1 aromatic heterocycles. The summed E-state index contributed by atoms with van der Waals surface area (Å²) in [5, 5.41) is 0. The van der Waals surface area contributed by atoms with Crippen LogP contribution in [-0.4, -0.2) is 67.8 Å². The molecule has 0 radical (unpaired) electrons. The van der Waals surface area contributed by atoms with Gasteiger partial charge in [-0.1, -0.05) is 0 Å². The maximum absolute atomic E-state index is 12.2. The van der Waals surface area contributed by atoms with E-state index >= 15 is 0 Å². The average Bonchev–Trinajstić information content (AvgIpc) is 2.82. The maximum atomic E-state index is 12.2. The Morgan fingerprint density at radius 3 is 2.77 bits per heavy atom. The summed E-state index contributed by atoms with van der Waals surface area (Å²) in [4.78, 5) is 10.7. The fraction of sp³-hybridized carbons (Fsp3) is 0.714. The molecular formula is C14H22N4O3S. The molecular weight excluding hydrogens is 304 g/mol. The van der Waals surface area contributed by atoms with E-state index in [9.17, 15) is 8.42 Å². The van der Waals surface area contributed by atoms with Crippen molar-refractivity contribution in [1.82, 2.24) is 14.3 Å². The molecule has 0 amide bonds. The molecule has 0 bridgehead atoms. The summed E-state index contributed by atoms with van der Waals surface area (Å²) >= 11 is 0. The molecule has 1 aromatic rings. The van der Waals surface area contributed by atoms with Gasteiger partial charge in [-0.3, -0.25) is 0 Å². The molecule has 0 unspecified atom stereocenters. The van der Waals surface area contributed by atoms with Crippen LogP contribution in [0.5, 0.6) is 0 Å². The third-order valence-corrected chi connectivity index (χ3v) is 6.26. The van der Waals surface area contributed by atoms with Crippen LogP contribution in [0.25, 0.3) is 0 Å². The number of sulfonamides is 1. The first-order valence-electron chi connectivity index (χ1n) is 7.62. The van der Waals surface area contributed by atoms with E-state index in [0.717, 1.165) is 19.5 Å². The van der Waals surface area contributed by atoms with Crippen LogP contribution in [0.4, 0.5) is 5.95 Å². The maximum Gasteiger partial charge on any atom is 0.225 e. The minimum absolute atomic E-state index is 0.134. The van der Waals surface area contributed by atoms with Crippen LogP contribution in [0.2, 0.25) is 0 Å². The molecule has 3 rings (SSSR count). The van der Waals surface area contributed by atoms with Crippen molar-refractivity contribution in [2.75, 3.05) is 50.0 Å². The molecule has 1 spiro atoms. The fourth-order valence-electron chi connectivity index (χ4n) is 3.18. The zero-order valence-corrected chi connectivity index (χ0v) is 13.6. The summed E-state index contributed by atoms with van der Waals surface area (Å²) in [5.74, 6) is 0.836. The molecule has 0 N–H and O–H groups in total. The Morgan fingerprint density at radius 2 is 2.05 bits per heavy atom. The quantitative estimate of drug-likeness (QED) is 0.798. The zero-order valence-electron chi connectivity index (χ0n) is 12.8. The van der Waals surface area contributed by atoms with Crippen molar-refractivity contribution >= 4 is 16.0 Å². The lowest BCUT2D eigenvalue weighted by atomic mass is 9.88. The van der Waals surface area contributed by atoms with Crippen molar-refractivity contribution in [3.05, 3.63) is 18.5 Å². The normalized spacial score (nSPS) is 27.2. The predicted molar refractivity (Wildman–Crippen MR) is 83.1 cm³/mol. The van der Waals surface area contributed by atoms with E-state index in [1.807, 2.05) is 0 Å². The number of rotatable bonds is 3. The van der Waals surface area contributed by atoms with Gasteiger partial charge in [-0.2, -0.15) is 4.31 Å². The topological polar surface area (TPSA) is 75.6 Å². The second kappa shape index (κ2) is 6.10. The summed E-state index contributed by atoms with van der Waals surface area (Å²) in [7, 11) is -3.19. The SMILES string of the molecule is CCS(=O)(=O)N1CCOC[C@]2(CCN(c3ncccn3)C2)C1. The van der Waals surface area contributed by atoms with Crippen LogP contribution in [0.1, 0.15) is 13.3 Å². The highest BCUT2D eigenvalue weighted by Crippen LogP contribution is 2.35. The first-order chi connectivity index (χ1) is 10.5. The van der Waals surface area contributed by atoms with Crippen LogP contribution >= 0.6 is 0 Å². The van der Waals surface area contributed by atoms with Gasteiger partial charge in [0.25, 0.3) is 0 Å². The lowest BCUT2D eigenvalue weighted by molar-refractivity contribution is 0.0807. The molecule has 2 saturated heterocycles. The van der Waals surface area contributed by atoms with Crippen molar-refractivity contribution in [2.24, 2.45) is 5.41 Å². The standard InChI is InChI=1S/C14H22N4O3S/c1-2-22(19,20)18-8-9-21-12-14(11-18)4-7-17(10-14)13-15-5-3-6-16-13/h3,5-6H,2,4,7-12H2,1H3/t14-/m0/s1. The van der Waals surface area contributed by atoms with Crippen LogP contribution < -0.4 is 4.90 Å². The Kier molecular flexibility index (Phi) is 4.33. The third kappa shape index (κ3) is 3.09. The molecule has 0 saturated carbocycles. The van der Waals surface area contributed by atoms with Gasteiger partial charge in [-0.15, -0.1) is 0 Å². The van der Waals surface area contributed by atoms with Crippen LogP contribution in [-0.2, 0) is 14.8 Å². The molecule has 0 aliphatic carbocycles. The van der Waals surface area contributed by atoms with Gasteiger partial charge >= 0.3 is 0 Å². The van der Waals surface area contributed by atoms with Gasteiger partial charge in [0, 0.05) is 44.0 Å². The minimum atomic E-state index is -3.19. The summed E-state index contributed by atoms with van der Waals surface area (Å²) < 4.78 is 31.8. The molecule has 22 heavy (non-hydrogen) atoms. The summed E-state index contributed by atoms with van der Waals surface area (Å²) in [6.45, 7) is 5.26. The van der Waals surface area contributed by atoms with Gasteiger partial charge in [0.05, 0.1) is 19.0 Å². The van der Waals surface area contributed by atoms with Gasteiger partial charge in [0.1, 0.15) is 0 Å². The number of aromatic nitrogens is 2. The molecule has 2 fully saturated rings. The molecule has 2 aliphatic heterocycles. The van der Waals surface area contributed by atoms with E-state index in [0.29, 0.717) is 32.3 Å². The molecule has 0 aromatic carbocycles. The summed E-state index contributed by atoms with van der Waals surface area (Å²) in [5.41, 5.74) is -0.169. The van der Waals surface area contributed by atoms with Gasteiger partial charge in [-0.25, -0.2) is 18.4 Å². The van der Waals surface area contributed by atoms with E-state index in [4.69, 9.17) is 4.74 Å². The first kappa shape index (κ1) is 15.6. The van der Waals surface area contributed by atoms with Crippen LogP contribution in [0, 0.1) is 5.41 Å². The molecule has 1 atom stereocenters. The van der Waals surface area contributed by atoms with E-state index in [1.165, 1.54) is 0 Å². The highest BCUT2D eigenvalue weighted by molar-refractivity contribution is 7.89. The Morgan fingerprint density at radius 1 is 1.27 bits per heavy atom. The number of anilines is 1. The molecule has 3 heterocycles. The van der Waals surface area contributed by atoms with Crippen molar-refractivity contribution in [3.63, 3.8) is 0 Å². The van der Waals surface area contributed by atoms with Gasteiger partial charge in [-0.05, 0) is 19.4 Å². The number of nitrogens with zero attached hydrogens (tertiary/aromatic N) is 4. The van der Waals surface area contributed by atoms with Crippen LogP contribution in [0.3, 0.4) is 0 Å². The highest BCUT2D eigenvalue weighted by Gasteiger charge is 2.43. The molecule has 7 nitrogen and oxygen atoms in total. The Hall–Kier alpha value is -1.25. The highest BCUT2D eigenvalue weighted by atomic mass is 32.2. The Labute approximate surface area is 131 Å². The first-order valence-corrected chi connectivity index (χ1v) is 9.23. The van der Waals surface area contributed by atoms with Gasteiger partial charge in [0.15, 0.2) is 0 Å². The summed E-state index contributed by atoms with van der Waals surface area (Å²) in [6.07, 6.45) is 4.34. The predicted octanol–water partition coefficient (Wildman–Crippen LogP) is 0.355. The molecule has 8 heteroatoms. The van der Waals surface area contributed by atoms with E-state index in [-0.39, 0.29) is 11.2 Å². The largest absolute Gasteiger partial charge is 0.379 e. The number of hydrogen-bond donors (Lipinski definition) is 0. The third-order valence-electron chi connectivity index (χ3n) is 4.44. The second-order valence-electron chi connectivity index (χ2n) is 6.01. The monoisotopic (exact) mass is 326 g/mol. The Bertz CT molecular complexity index is 610. The fourth-order valence-corrected chi connectivity index (χ4v) is 4.37. The van der Waals surface area contributed by atoms with Gasteiger partial charge in [0.2, 0.25) is 16.0 Å². The van der Waals surface area contributed by atoms with Gasteiger partial charge < -0.3 is 9.64 Å². The lowest BCUT2D eigenvalue weighted by Gasteiger charge is -2.31. The lowest BCUT2D eigenvalue weighted by Crippen LogP contribution is -2.44. The van der Waals surface area contributed by atoms with Crippen molar-refractivity contribution < 1.29 is 13.2 Å². The summed E-state index contributed by atoms with van der Waals surface area (Å²) in [6, 6.07) is 1.79. The average molecular weight is 326 g/mol. The van der Waals surface area contributed by atoms with Crippen molar-refractivity contribution in [3.8, 4) is 0 Å². The minimum Gasteiger partial charge on any atom is -0.379 e. The van der Waals surface area contributed by atoms with E-state index in [1.54, 1.807) is 29.7 Å². The zero-order chi connectivity index (χ0) is 15.6. The van der Waals surface area contributed by atoms with Crippen molar-refractivity contribution in [1.29, 1.82) is 0 Å². The van der Waals surface area contributed by atoms with E-state index < -0.39 is 10.0 Å². The van der Waals surface area contributed by atoms with Crippen molar-refractivity contribution in [2.45, 2.75) is 13.3 Å².